The lowest BCUT2D eigenvalue weighted by Gasteiger charge is -2.42. The van der Waals surface area contributed by atoms with E-state index in [1.54, 1.807) is 27.7 Å². The molecule has 5 heterocycles. The van der Waals surface area contributed by atoms with Crippen LogP contribution in [0.3, 0.4) is 0 Å². The van der Waals surface area contributed by atoms with Gasteiger partial charge in [0, 0.05) is 133 Å². The standard InChI is InChI=1S/C77H134N7O39P/c1-43-62(98)64(100)53(35-85)120-72(43)115-30-26-111-22-8-11-48(92)15-16-51(71(107)79-21-25-114-28-31-116-73-44(2)63(99)65(101)54(36-86)121-73)83-70(106)47(34-49(93)10-7-13-59(97)84-39-76(5,41-89)77(6,40-84)42-119-124(108,109)110)14-18-58(96)82-50(52(94)12-9-23-112-27-32-117-74-60(80-45(3)90)68(104)66(102)55(37-87)122-74)17-19-57(95)78-20-24-113-29-33-118-75-61(81-46(4)91)69(105)67(103)56(38-88)123-75/h43-44,47,50-51,53-56,60-69,72-75,85-89,98-105H,7-42H2,1-6H3,(H,78,95)(H,79,107)(H,80,90)(H,81,91)(H,82,96)(H,83,106)(H2,108,109,110)/p-1/t43-,44-,47?,50?,51?,53-,54-,55-,56-,60-,61-,62-,63-,64+,65+,66+,67+,68-,69-,72?,73?,74?,75?,76-,77+/m1/s1. The number of ether oxygens (including phenoxy) is 12. The van der Waals surface area contributed by atoms with E-state index in [0.29, 0.717) is 0 Å². The van der Waals surface area contributed by atoms with E-state index < -0.39 is 271 Å². The number of amides is 7. The summed E-state index contributed by atoms with van der Waals surface area (Å²) in [5, 5.41) is 148. The fourth-order valence-electron chi connectivity index (χ4n) is 14.6. The number of carbonyl (C=O) groups is 10. The van der Waals surface area contributed by atoms with Gasteiger partial charge in [0.25, 0.3) is 7.82 Å². The van der Waals surface area contributed by atoms with Gasteiger partial charge in [-0.05, 0) is 38.5 Å². The Morgan fingerprint density at radius 1 is 0.460 bits per heavy atom. The molecule has 0 aliphatic carbocycles. The highest BCUT2D eigenvalue weighted by Crippen LogP contribution is 2.49. The summed E-state index contributed by atoms with van der Waals surface area (Å²) in [7, 11) is -5.22. The van der Waals surface area contributed by atoms with Crippen molar-refractivity contribution >= 4 is 66.5 Å². The summed E-state index contributed by atoms with van der Waals surface area (Å²) in [5.74, 6) is -9.27. The first-order valence-corrected chi connectivity index (χ1v) is 43.3. The number of nitrogens with one attached hydrogen (secondary N) is 6. The van der Waals surface area contributed by atoms with Gasteiger partial charge in [0.15, 0.2) is 30.9 Å². The zero-order chi connectivity index (χ0) is 92.0. The van der Waals surface area contributed by atoms with Crippen molar-refractivity contribution in [3.63, 3.8) is 0 Å². The Hall–Kier alpha value is -5.59. The van der Waals surface area contributed by atoms with E-state index in [1.165, 1.54) is 11.8 Å². The average Bonchev–Trinajstić information content (AvgIpc) is 1.61. The van der Waals surface area contributed by atoms with E-state index in [9.17, 15) is 129 Å². The molecule has 0 bridgehead atoms. The number of carbonyl (C=O) groups excluding carboxylic acids is 10. The highest BCUT2D eigenvalue weighted by atomic mass is 31.2. The van der Waals surface area contributed by atoms with E-state index >= 15 is 0 Å². The van der Waals surface area contributed by atoms with Crippen molar-refractivity contribution in [1.82, 2.24) is 36.8 Å². The molecule has 20 N–H and O–H groups in total. The van der Waals surface area contributed by atoms with Crippen LogP contribution < -0.4 is 36.8 Å². The van der Waals surface area contributed by atoms with Crippen LogP contribution in [-0.4, -0.2) is 403 Å². The lowest BCUT2D eigenvalue weighted by Crippen LogP contribution is -2.64. The summed E-state index contributed by atoms with van der Waals surface area (Å²) in [5.41, 5.74) is -2.29. The maximum atomic E-state index is 14.9. The molecule has 5 fully saturated rings. The predicted molar refractivity (Wildman–Crippen MR) is 420 cm³/mol. The number of hydrogen-bond acceptors (Lipinski definition) is 38. The number of hydrogen-bond donors (Lipinski definition) is 20. The molecule has 5 rings (SSSR count). The van der Waals surface area contributed by atoms with Crippen LogP contribution in [0.15, 0.2) is 0 Å². The number of likely N-dealkylation sites (tertiary alicyclic amines) is 1. The minimum atomic E-state index is -5.22. The number of rotatable bonds is 60. The van der Waals surface area contributed by atoms with Crippen molar-refractivity contribution in [3.8, 4) is 0 Å². The second-order valence-electron chi connectivity index (χ2n) is 32.1. The summed E-state index contributed by atoms with van der Waals surface area (Å²) in [4.78, 5) is 159. The van der Waals surface area contributed by atoms with E-state index in [4.69, 9.17) is 61.4 Å². The minimum absolute atomic E-state index is 0.0156. The Morgan fingerprint density at radius 3 is 1.35 bits per heavy atom. The van der Waals surface area contributed by atoms with Gasteiger partial charge in [0.1, 0.15) is 90.7 Å². The van der Waals surface area contributed by atoms with E-state index in [0.717, 1.165) is 6.92 Å². The van der Waals surface area contributed by atoms with Gasteiger partial charge in [-0.1, -0.05) is 27.7 Å². The third kappa shape index (κ3) is 35.7. The fraction of sp³-hybridized carbons (Fsp3) is 0.870. The molecule has 5 aliphatic heterocycles. The zero-order valence-corrected chi connectivity index (χ0v) is 72.0. The molecule has 0 radical (unpaired) electrons. The van der Waals surface area contributed by atoms with Crippen molar-refractivity contribution < 1.29 is 190 Å². The molecule has 7 amide bonds. The van der Waals surface area contributed by atoms with Gasteiger partial charge in [-0.2, -0.15) is 0 Å². The third-order valence-corrected chi connectivity index (χ3v) is 22.9. The number of aliphatic hydroxyl groups is 13. The molecule has 5 saturated heterocycles. The predicted octanol–water partition coefficient (Wildman–Crippen LogP) is -8.53. The van der Waals surface area contributed by atoms with Crippen molar-refractivity contribution in [1.29, 1.82) is 0 Å². The van der Waals surface area contributed by atoms with Gasteiger partial charge < -0.3 is 174 Å². The summed E-state index contributed by atoms with van der Waals surface area (Å²) in [6.45, 7) is 3.43. The lowest BCUT2D eigenvalue weighted by molar-refractivity contribution is -0.284. The highest BCUT2D eigenvalue weighted by molar-refractivity contribution is 7.44. The zero-order valence-electron chi connectivity index (χ0n) is 71.1. The SMILES string of the molecule is CC(=O)N[C@H]1C(OCCOCCCC(=O)C(CCC(=O)NCCOCCOC2O[C@H](CO)[C@H](O)[C@H](O)[C@H]2NC(C)=O)NC(=O)CCC(CC(=O)CCCC(=O)N2C[C@](C)(CO)[C@](C)(COP(=O)([O-])O)C2)C(=O)NC(CCC(=O)CCCOCCOC2O[C@H](CO)[C@H](O)[C@H](O)[C@H]2C)C(=O)NCCOCCOC2O[C@H](CO)[C@H](O)[C@H](O)[C@H]2C)O[C@H](CO)[C@H](O)[C@@H]1O. The van der Waals surface area contributed by atoms with E-state index in [1.807, 2.05) is 0 Å². The quantitative estimate of drug-likeness (QED) is 0.0199. The summed E-state index contributed by atoms with van der Waals surface area (Å²) in [6.07, 6.45) is -24.6. The molecule has 26 atom stereocenters. The fourth-order valence-corrected chi connectivity index (χ4v) is 15.0. The Bertz CT molecular complexity index is 3320. The molecule has 0 aromatic rings. The Balaban J connectivity index is 1.31. The van der Waals surface area contributed by atoms with Crippen LogP contribution in [0.5, 0.6) is 0 Å². The maximum absolute atomic E-state index is 14.9. The number of Topliss-reactive ketones (excluding diaryl/α,β-unsaturated/α-hetero) is 3. The third-order valence-electron chi connectivity index (χ3n) is 22.4. The normalized spacial score (nSPS) is 30.7. The lowest BCUT2D eigenvalue weighted by atomic mass is 9.69. The molecular weight excluding hydrogens is 1680 g/mol. The molecule has 47 heteroatoms. The molecule has 0 saturated carbocycles. The first kappa shape index (κ1) is 109. The number of ketones is 3. The number of nitrogens with zero attached hydrogens (tertiary/aromatic N) is 1. The maximum Gasteiger partial charge on any atom is 0.265 e. The first-order valence-electron chi connectivity index (χ1n) is 41.8. The molecular formula is C77H133N7O39P-. The molecule has 5 aliphatic rings. The van der Waals surface area contributed by atoms with Gasteiger partial charge in [-0.3, -0.25) is 52.5 Å². The minimum Gasteiger partial charge on any atom is -0.756 e. The van der Waals surface area contributed by atoms with Crippen LogP contribution in [0.1, 0.15) is 131 Å². The van der Waals surface area contributed by atoms with Gasteiger partial charge in [-0.15, -0.1) is 0 Å². The van der Waals surface area contributed by atoms with Crippen LogP contribution in [0.25, 0.3) is 0 Å². The molecule has 0 aromatic heterocycles. The molecule has 8 unspecified atom stereocenters. The average molecular weight is 1810 g/mol. The van der Waals surface area contributed by atoms with Crippen molar-refractivity contribution in [3.05, 3.63) is 0 Å². The van der Waals surface area contributed by atoms with Crippen LogP contribution >= 0.6 is 7.82 Å². The highest BCUT2D eigenvalue weighted by Gasteiger charge is 2.54. The second kappa shape index (κ2) is 55.4. The van der Waals surface area contributed by atoms with Gasteiger partial charge in [0.2, 0.25) is 41.4 Å². The number of phosphoric acid groups is 1. The summed E-state index contributed by atoms with van der Waals surface area (Å²) in [6, 6.07) is -5.34. The second-order valence-corrected chi connectivity index (χ2v) is 33.3. The Labute approximate surface area is 718 Å². The topological polar surface area (TPSA) is 689 Å². The van der Waals surface area contributed by atoms with Gasteiger partial charge in [0.05, 0.1) is 124 Å². The smallest absolute Gasteiger partial charge is 0.265 e. The van der Waals surface area contributed by atoms with Crippen molar-refractivity contribution in [2.45, 2.75) is 254 Å². The molecule has 0 aromatic carbocycles. The molecule has 46 nitrogen and oxygen atoms in total. The Morgan fingerprint density at radius 2 is 0.879 bits per heavy atom. The number of aliphatic hydroxyl groups excluding tert-OH is 13. The van der Waals surface area contributed by atoms with Crippen LogP contribution in [0.4, 0.5) is 0 Å². The molecule has 0 spiro atoms. The number of phosphoric ester groups is 1. The van der Waals surface area contributed by atoms with E-state index in [-0.39, 0.29) is 182 Å². The largest absolute Gasteiger partial charge is 0.756 e. The molecule has 716 valence electrons. The van der Waals surface area contributed by atoms with Crippen molar-refractivity contribution in [2.75, 3.05) is 145 Å². The van der Waals surface area contributed by atoms with Crippen LogP contribution in [-0.2, 0) is 114 Å². The summed E-state index contributed by atoms with van der Waals surface area (Å²) < 4.78 is 83.9. The van der Waals surface area contributed by atoms with Gasteiger partial charge in [-0.25, -0.2) is 0 Å². The van der Waals surface area contributed by atoms with Crippen molar-refractivity contribution in [2.24, 2.45) is 28.6 Å². The molecule has 124 heavy (non-hydrogen) atoms. The monoisotopic (exact) mass is 1810 g/mol. The summed E-state index contributed by atoms with van der Waals surface area (Å²) >= 11 is 0. The Kier molecular flexibility index (Phi) is 48.7. The van der Waals surface area contributed by atoms with Crippen LogP contribution in [0.2, 0.25) is 0 Å². The first-order chi connectivity index (χ1) is 58.8. The van der Waals surface area contributed by atoms with Gasteiger partial charge >= 0.3 is 0 Å². The van der Waals surface area contributed by atoms with Crippen LogP contribution in [0, 0.1) is 28.6 Å². The van der Waals surface area contributed by atoms with E-state index in [2.05, 4.69) is 31.9 Å².